The minimum atomic E-state index is 0.917. The topological polar surface area (TPSA) is 25.8 Å². The largest absolute Gasteiger partial charge is 0.249 e. The van der Waals surface area contributed by atoms with Gasteiger partial charge >= 0.3 is 0 Å². The van der Waals surface area contributed by atoms with E-state index in [0.29, 0.717) is 0 Å². The van der Waals surface area contributed by atoms with Crippen molar-refractivity contribution >= 4 is 21.8 Å². The van der Waals surface area contributed by atoms with E-state index in [2.05, 4.69) is 91.0 Å². The summed E-state index contributed by atoms with van der Waals surface area (Å²) in [5.41, 5.74) is 9.64. The first-order chi connectivity index (χ1) is 16.3. The van der Waals surface area contributed by atoms with Gasteiger partial charge in [-0.25, -0.2) is 9.97 Å². The van der Waals surface area contributed by atoms with Gasteiger partial charge in [-0.15, -0.1) is 0 Å². The van der Waals surface area contributed by atoms with E-state index in [1.807, 2.05) is 31.2 Å². The van der Waals surface area contributed by atoms with Crippen LogP contribution in [0.25, 0.3) is 55.3 Å². The molecule has 5 aromatic carbocycles. The van der Waals surface area contributed by atoms with Crippen LogP contribution in [0.15, 0.2) is 115 Å². The SMILES string of the molecule is Cc1nc2c(ccc3cccc(-c4ccc(-c5ccccc5)cc4)c32)nc1-c1ccccc1. The van der Waals surface area contributed by atoms with E-state index >= 15 is 0 Å². The van der Waals surface area contributed by atoms with Gasteiger partial charge in [0.25, 0.3) is 0 Å². The van der Waals surface area contributed by atoms with E-state index in [1.54, 1.807) is 0 Å². The third kappa shape index (κ3) is 3.46. The Balaban J connectivity index is 1.53. The highest BCUT2D eigenvalue weighted by Crippen LogP contribution is 2.35. The lowest BCUT2D eigenvalue weighted by molar-refractivity contribution is 1.19. The number of nitrogens with zero attached hydrogens (tertiary/aromatic N) is 2. The van der Waals surface area contributed by atoms with Crippen LogP contribution >= 0.6 is 0 Å². The van der Waals surface area contributed by atoms with Crippen LogP contribution in [0.2, 0.25) is 0 Å². The number of fused-ring (bicyclic) bond motifs is 3. The summed E-state index contributed by atoms with van der Waals surface area (Å²) in [6.07, 6.45) is 0. The van der Waals surface area contributed by atoms with Gasteiger partial charge in [0, 0.05) is 10.9 Å². The molecule has 0 fully saturated rings. The average molecular weight is 423 g/mol. The molecule has 1 heterocycles. The highest BCUT2D eigenvalue weighted by molar-refractivity contribution is 6.12. The van der Waals surface area contributed by atoms with Crippen molar-refractivity contribution in [2.45, 2.75) is 6.92 Å². The van der Waals surface area contributed by atoms with Gasteiger partial charge in [-0.2, -0.15) is 0 Å². The van der Waals surface area contributed by atoms with Crippen molar-refractivity contribution in [2.75, 3.05) is 0 Å². The minimum absolute atomic E-state index is 0.917. The molecule has 1 aromatic heterocycles. The van der Waals surface area contributed by atoms with E-state index in [9.17, 15) is 0 Å². The monoisotopic (exact) mass is 422 g/mol. The van der Waals surface area contributed by atoms with Crippen LogP contribution < -0.4 is 0 Å². The second-order valence-electron chi connectivity index (χ2n) is 8.30. The van der Waals surface area contributed by atoms with Crippen molar-refractivity contribution in [1.29, 1.82) is 0 Å². The van der Waals surface area contributed by atoms with Gasteiger partial charge in [0.05, 0.1) is 22.4 Å². The molecule has 156 valence electrons. The van der Waals surface area contributed by atoms with Crippen molar-refractivity contribution in [2.24, 2.45) is 0 Å². The van der Waals surface area contributed by atoms with Gasteiger partial charge in [0.1, 0.15) is 0 Å². The molecule has 0 saturated carbocycles. The first-order valence-electron chi connectivity index (χ1n) is 11.2. The van der Waals surface area contributed by atoms with E-state index in [0.717, 1.165) is 33.4 Å². The Morgan fingerprint density at radius 3 is 1.85 bits per heavy atom. The maximum absolute atomic E-state index is 5.07. The summed E-state index contributed by atoms with van der Waals surface area (Å²) in [5, 5.41) is 2.32. The normalized spacial score (nSPS) is 11.2. The van der Waals surface area contributed by atoms with Crippen molar-refractivity contribution in [1.82, 2.24) is 9.97 Å². The average Bonchev–Trinajstić information content (AvgIpc) is 2.89. The Morgan fingerprint density at radius 1 is 0.485 bits per heavy atom. The Bertz CT molecular complexity index is 1590. The predicted octanol–water partition coefficient (Wildman–Crippen LogP) is 8.09. The third-order valence-electron chi connectivity index (χ3n) is 6.20. The van der Waals surface area contributed by atoms with E-state index < -0.39 is 0 Å². The molecular weight excluding hydrogens is 400 g/mol. The van der Waals surface area contributed by atoms with Crippen LogP contribution in [-0.4, -0.2) is 9.97 Å². The summed E-state index contributed by atoms with van der Waals surface area (Å²) in [7, 11) is 0. The zero-order valence-electron chi connectivity index (χ0n) is 18.4. The maximum atomic E-state index is 5.07. The molecule has 0 saturated heterocycles. The van der Waals surface area contributed by atoms with Gasteiger partial charge in [-0.05, 0) is 40.6 Å². The summed E-state index contributed by atoms with van der Waals surface area (Å²) < 4.78 is 0. The number of aryl methyl sites for hydroxylation is 1. The molecule has 2 nitrogen and oxygen atoms in total. The van der Waals surface area contributed by atoms with Crippen LogP contribution in [0, 0.1) is 6.92 Å². The third-order valence-corrected chi connectivity index (χ3v) is 6.20. The first-order valence-corrected chi connectivity index (χ1v) is 11.2. The summed E-state index contributed by atoms with van der Waals surface area (Å²) in [5.74, 6) is 0. The molecule has 33 heavy (non-hydrogen) atoms. The molecule has 0 aliphatic heterocycles. The molecular formula is C31H22N2. The Labute approximate surface area is 193 Å². The van der Waals surface area contributed by atoms with Gasteiger partial charge in [-0.1, -0.05) is 109 Å². The smallest absolute Gasteiger partial charge is 0.0975 e. The maximum Gasteiger partial charge on any atom is 0.0975 e. The zero-order chi connectivity index (χ0) is 22.2. The fourth-order valence-electron chi connectivity index (χ4n) is 4.56. The minimum Gasteiger partial charge on any atom is -0.249 e. The standard InChI is InChI=1S/C31H22N2/c1-21-30(26-11-6-3-7-12-26)33-28-20-19-25-13-8-14-27(29(25)31(28)32-21)24-17-15-23(16-18-24)22-9-4-2-5-10-22/h2-20H,1H3. The van der Waals surface area contributed by atoms with Crippen molar-refractivity contribution < 1.29 is 0 Å². The number of aromatic nitrogens is 2. The number of rotatable bonds is 3. The van der Waals surface area contributed by atoms with Gasteiger partial charge in [0.15, 0.2) is 0 Å². The molecule has 0 unspecified atom stereocenters. The van der Waals surface area contributed by atoms with Crippen LogP contribution in [0.5, 0.6) is 0 Å². The lowest BCUT2D eigenvalue weighted by Crippen LogP contribution is -1.96. The second-order valence-corrected chi connectivity index (χ2v) is 8.30. The van der Waals surface area contributed by atoms with E-state index in [4.69, 9.17) is 9.97 Å². The molecule has 0 N–H and O–H groups in total. The van der Waals surface area contributed by atoms with Gasteiger partial charge in [0.2, 0.25) is 0 Å². The number of hydrogen-bond donors (Lipinski definition) is 0. The van der Waals surface area contributed by atoms with Crippen LogP contribution in [0.1, 0.15) is 5.69 Å². The number of hydrogen-bond acceptors (Lipinski definition) is 2. The van der Waals surface area contributed by atoms with Gasteiger partial charge < -0.3 is 0 Å². The van der Waals surface area contributed by atoms with Crippen molar-refractivity contribution in [3.05, 3.63) is 121 Å². The number of benzene rings is 5. The second kappa shape index (κ2) is 7.99. The molecule has 0 atom stereocenters. The molecule has 0 aliphatic carbocycles. The van der Waals surface area contributed by atoms with Crippen LogP contribution in [0.3, 0.4) is 0 Å². The fourth-order valence-corrected chi connectivity index (χ4v) is 4.56. The van der Waals surface area contributed by atoms with Crippen LogP contribution in [0.4, 0.5) is 0 Å². The Morgan fingerprint density at radius 2 is 1.12 bits per heavy atom. The molecule has 0 radical (unpaired) electrons. The summed E-state index contributed by atoms with van der Waals surface area (Å²) in [6.45, 7) is 2.05. The van der Waals surface area contributed by atoms with Crippen molar-refractivity contribution in [3.8, 4) is 33.5 Å². The fraction of sp³-hybridized carbons (Fsp3) is 0.0323. The zero-order valence-corrected chi connectivity index (χ0v) is 18.4. The highest BCUT2D eigenvalue weighted by atomic mass is 14.8. The molecule has 2 heteroatoms. The lowest BCUT2D eigenvalue weighted by Gasteiger charge is -2.12. The molecule has 0 aliphatic rings. The highest BCUT2D eigenvalue weighted by Gasteiger charge is 2.13. The molecule has 0 amide bonds. The Kier molecular flexibility index (Phi) is 4.70. The van der Waals surface area contributed by atoms with Crippen molar-refractivity contribution in [3.63, 3.8) is 0 Å². The van der Waals surface area contributed by atoms with E-state index in [1.165, 1.54) is 27.6 Å². The van der Waals surface area contributed by atoms with Crippen LogP contribution in [-0.2, 0) is 0 Å². The quantitative estimate of drug-likeness (QED) is 0.269. The first kappa shape index (κ1) is 19.4. The summed E-state index contributed by atoms with van der Waals surface area (Å²) >= 11 is 0. The molecule has 6 aromatic rings. The predicted molar refractivity (Wildman–Crippen MR) is 138 cm³/mol. The van der Waals surface area contributed by atoms with E-state index in [-0.39, 0.29) is 0 Å². The molecule has 6 rings (SSSR count). The molecule has 0 spiro atoms. The molecule has 0 bridgehead atoms. The summed E-state index contributed by atoms with van der Waals surface area (Å²) in [4.78, 5) is 10.1. The lowest BCUT2D eigenvalue weighted by atomic mass is 9.95. The Hall–Kier alpha value is -4.30. The van der Waals surface area contributed by atoms with Gasteiger partial charge in [-0.3, -0.25) is 0 Å². The summed E-state index contributed by atoms with van der Waals surface area (Å²) in [6, 6.07) is 40.2.